The monoisotopic (exact) mass is 437 g/mol. The largest absolute Gasteiger partial charge is 0.481 e. The molecule has 1 saturated heterocycles. The summed E-state index contributed by atoms with van der Waals surface area (Å²) in [5.41, 5.74) is 7.09. The van der Waals surface area contributed by atoms with Crippen molar-refractivity contribution in [3.63, 3.8) is 0 Å². The van der Waals surface area contributed by atoms with Crippen molar-refractivity contribution in [2.45, 2.75) is 37.6 Å². The van der Waals surface area contributed by atoms with E-state index in [0.29, 0.717) is 13.1 Å². The number of hydrazine groups is 1. The molecule has 2 aromatic rings. The third-order valence-corrected chi connectivity index (χ3v) is 5.96. The Hall–Kier alpha value is -3.39. The topological polar surface area (TPSA) is 108 Å². The summed E-state index contributed by atoms with van der Waals surface area (Å²) < 4.78 is 5.46. The molecule has 168 valence electrons. The zero-order chi connectivity index (χ0) is 22.5. The fourth-order valence-electron chi connectivity index (χ4n) is 4.41. The molecule has 2 aromatic carbocycles. The highest BCUT2D eigenvalue weighted by atomic mass is 16.5. The van der Waals surface area contributed by atoms with Gasteiger partial charge in [0.05, 0.1) is 6.42 Å². The number of nitrogens with one attached hydrogen (secondary N) is 2. The van der Waals surface area contributed by atoms with Crippen LogP contribution in [-0.2, 0) is 14.3 Å². The lowest BCUT2D eigenvalue weighted by molar-refractivity contribution is -0.140. The second kappa shape index (κ2) is 9.82. The number of nitrogens with zero attached hydrogens (tertiary/aromatic N) is 1. The number of rotatable bonds is 7. The van der Waals surface area contributed by atoms with Crippen molar-refractivity contribution in [1.29, 1.82) is 0 Å². The van der Waals surface area contributed by atoms with E-state index in [2.05, 4.69) is 10.7 Å². The van der Waals surface area contributed by atoms with Crippen molar-refractivity contribution in [2.75, 3.05) is 19.7 Å². The SMILES string of the molecule is O=C(O)CC(NC(=O)OCC1c2ccccc2-c2ccccc21)C(=O)NN1CCCCC1. The lowest BCUT2D eigenvalue weighted by Gasteiger charge is -2.28. The maximum atomic E-state index is 12.6. The van der Waals surface area contributed by atoms with Crippen LogP contribution in [0.1, 0.15) is 42.7 Å². The van der Waals surface area contributed by atoms with Crippen LogP contribution in [0.15, 0.2) is 48.5 Å². The zero-order valence-electron chi connectivity index (χ0n) is 17.8. The van der Waals surface area contributed by atoms with E-state index < -0.39 is 30.4 Å². The second-order valence-electron chi connectivity index (χ2n) is 8.14. The Labute approximate surface area is 186 Å². The van der Waals surface area contributed by atoms with E-state index in [1.807, 2.05) is 48.5 Å². The van der Waals surface area contributed by atoms with Crippen LogP contribution in [-0.4, -0.2) is 53.8 Å². The van der Waals surface area contributed by atoms with E-state index in [9.17, 15) is 19.5 Å². The average Bonchev–Trinajstić information content (AvgIpc) is 3.11. The standard InChI is InChI=1S/C24H27N3O5/c28-22(29)14-21(23(30)26-27-12-6-1-7-13-27)25-24(31)32-15-20-18-10-4-2-8-16(18)17-9-3-5-11-19(17)20/h2-5,8-11,20-21H,1,6-7,12-15H2,(H,25,31)(H,26,30)(H,28,29). The number of hydrogen-bond acceptors (Lipinski definition) is 5. The summed E-state index contributed by atoms with van der Waals surface area (Å²) in [6.45, 7) is 1.50. The maximum Gasteiger partial charge on any atom is 0.407 e. The number of benzene rings is 2. The minimum absolute atomic E-state index is 0.0907. The normalized spacial score (nSPS) is 16.5. The summed E-state index contributed by atoms with van der Waals surface area (Å²) in [7, 11) is 0. The van der Waals surface area contributed by atoms with Gasteiger partial charge in [-0.3, -0.25) is 15.0 Å². The third kappa shape index (κ3) is 4.91. The van der Waals surface area contributed by atoms with Gasteiger partial charge < -0.3 is 15.2 Å². The van der Waals surface area contributed by atoms with Gasteiger partial charge in [0.1, 0.15) is 12.6 Å². The molecule has 2 aliphatic rings. The predicted molar refractivity (Wildman–Crippen MR) is 118 cm³/mol. The molecule has 1 unspecified atom stereocenters. The van der Waals surface area contributed by atoms with Crippen LogP contribution in [0.2, 0.25) is 0 Å². The van der Waals surface area contributed by atoms with Crippen molar-refractivity contribution in [3.05, 3.63) is 59.7 Å². The summed E-state index contributed by atoms with van der Waals surface area (Å²) in [6.07, 6.45) is 1.69. The van der Waals surface area contributed by atoms with Gasteiger partial charge in [0.2, 0.25) is 0 Å². The van der Waals surface area contributed by atoms with E-state index >= 15 is 0 Å². The van der Waals surface area contributed by atoms with Gasteiger partial charge >= 0.3 is 12.1 Å². The van der Waals surface area contributed by atoms with Crippen LogP contribution >= 0.6 is 0 Å². The van der Waals surface area contributed by atoms with Crippen molar-refractivity contribution < 1.29 is 24.2 Å². The minimum atomic E-state index is -1.22. The number of piperidine rings is 1. The lowest BCUT2D eigenvalue weighted by atomic mass is 9.98. The molecule has 1 atom stereocenters. The molecule has 0 radical (unpaired) electrons. The maximum absolute atomic E-state index is 12.6. The van der Waals surface area contributed by atoms with Crippen molar-refractivity contribution in [2.24, 2.45) is 0 Å². The van der Waals surface area contributed by atoms with E-state index in [-0.39, 0.29) is 12.5 Å². The number of aliphatic carboxylic acids is 1. The Morgan fingerprint density at radius 1 is 0.969 bits per heavy atom. The van der Waals surface area contributed by atoms with Gasteiger partial charge in [0, 0.05) is 19.0 Å². The second-order valence-corrected chi connectivity index (χ2v) is 8.14. The number of carbonyl (C=O) groups is 3. The number of fused-ring (bicyclic) bond motifs is 3. The third-order valence-electron chi connectivity index (χ3n) is 5.96. The fraction of sp³-hybridized carbons (Fsp3) is 0.375. The van der Waals surface area contributed by atoms with Crippen molar-refractivity contribution in [3.8, 4) is 11.1 Å². The molecular weight excluding hydrogens is 410 g/mol. The van der Waals surface area contributed by atoms with Gasteiger partial charge in [-0.15, -0.1) is 0 Å². The number of carboxylic acid groups (broad SMARTS) is 1. The van der Waals surface area contributed by atoms with Gasteiger partial charge in [-0.05, 0) is 35.1 Å². The van der Waals surface area contributed by atoms with E-state index in [1.54, 1.807) is 5.01 Å². The first-order valence-electron chi connectivity index (χ1n) is 10.9. The first-order valence-corrected chi connectivity index (χ1v) is 10.9. The molecule has 3 N–H and O–H groups in total. The smallest absolute Gasteiger partial charge is 0.407 e. The van der Waals surface area contributed by atoms with Gasteiger partial charge in [0.15, 0.2) is 0 Å². The molecule has 0 bridgehead atoms. The van der Waals surface area contributed by atoms with Crippen LogP contribution in [0.3, 0.4) is 0 Å². The number of alkyl carbamates (subject to hydrolysis) is 1. The summed E-state index contributed by atoms with van der Waals surface area (Å²) in [5.74, 6) is -1.85. The summed E-state index contributed by atoms with van der Waals surface area (Å²) in [5, 5.41) is 13.4. The molecular formula is C24H27N3O5. The summed E-state index contributed by atoms with van der Waals surface area (Å²) in [6, 6.07) is 14.7. The predicted octanol–water partition coefficient (Wildman–Crippen LogP) is 2.89. The number of ether oxygens (including phenoxy) is 1. The first-order chi connectivity index (χ1) is 15.5. The average molecular weight is 437 g/mol. The van der Waals surface area contributed by atoms with Crippen LogP contribution in [0.4, 0.5) is 4.79 Å². The van der Waals surface area contributed by atoms with Crippen LogP contribution in [0.25, 0.3) is 11.1 Å². The van der Waals surface area contributed by atoms with E-state index in [0.717, 1.165) is 41.5 Å². The molecule has 8 nitrogen and oxygen atoms in total. The molecule has 1 aliphatic carbocycles. The molecule has 0 spiro atoms. The molecule has 1 fully saturated rings. The first kappa shape index (κ1) is 21.8. The molecule has 4 rings (SSSR count). The van der Waals surface area contributed by atoms with Crippen LogP contribution in [0, 0.1) is 0 Å². The quantitative estimate of drug-likeness (QED) is 0.615. The highest BCUT2D eigenvalue weighted by molar-refractivity contribution is 5.89. The molecule has 1 heterocycles. The molecule has 1 aliphatic heterocycles. The van der Waals surface area contributed by atoms with Gasteiger partial charge in [0.25, 0.3) is 5.91 Å². The molecule has 0 saturated carbocycles. The van der Waals surface area contributed by atoms with Crippen molar-refractivity contribution in [1.82, 2.24) is 15.8 Å². The Kier molecular flexibility index (Phi) is 6.70. The summed E-state index contributed by atoms with van der Waals surface area (Å²) in [4.78, 5) is 36.3. The van der Waals surface area contributed by atoms with Gasteiger partial charge in [-0.25, -0.2) is 9.80 Å². The van der Waals surface area contributed by atoms with E-state index in [1.165, 1.54) is 0 Å². The number of hydrogen-bond donors (Lipinski definition) is 3. The highest BCUT2D eigenvalue weighted by Crippen LogP contribution is 2.44. The van der Waals surface area contributed by atoms with Crippen LogP contribution in [0.5, 0.6) is 0 Å². The molecule has 8 heteroatoms. The number of carboxylic acids is 1. The molecule has 0 aromatic heterocycles. The Morgan fingerprint density at radius 2 is 1.56 bits per heavy atom. The number of carbonyl (C=O) groups excluding carboxylic acids is 2. The van der Waals surface area contributed by atoms with Crippen molar-refractivity contribution >= 4 is 18.0 Å². The minimum Gasteiger partial charge on any atom is -0.481 e. The summed E-state index contributed by atoms with van der Waals surface area (Å²) >= 11 is 0. The molecule has 32 heavy (non-hydrogen) atoms. The Balaban J connectivity index is 1.39. The van der Waals surface area contributed by atoms with Gasteiger partial charge in [-0.2, -0.15) is 0 Å². The lowest BCUT2D eigenvalue weighted by Crippen LogP contribution is -2.54. The van der Waals surface area contributed by atoms with Gasteiger partial charge in [-0.1, -0.05) is 55.0 Å². The fourth-order valence-corrected chi connectivity index (χ4v) is 4.41. The number of amides is 2. The van der Waals surface area contributed by atoms with Crippen LogP contribution < -0.4 is 10.7 Å². The zero-order valence-corrected chi connectivity index (χ0v) is 17.8. The Bertz CT molecular complexity index is 957. The highest BCUT2D eigenvalue weighted by Gasteiger charge is 2.30. The Morgan fingerprint density at radius 3 is 2.16 bits per heavy atom. The molecule has 2 amide bonds. The van der Waals surface area contributed by atoms with E-state index in [4.69, 9.17) is 4.74 Å².